The first-order valence-corrected chi connectivity index (χ1v) is 27.2. The zero-order valence-corrected chi connectivity index (χ0v) is 41.8. The lowest BCUT2D eigenvalue weighted by molar-refractivity contribution is -0.167. The maximum absolute atomic E-state index is 12.8. The number of rotatable bonds is 49. The molecule has 0 saturated heterocycles. The van der Waals surface area contributed by atoms with Crippen LogP contribution in [0, 0.1) is 0 Å². The van der Waals surface area contributed by atoms with E-state index in [1.165, 1.54) is 161 Å². The van der Waals surface area contributed by atoms with Crippen molar-refractivity contribution >= 4 is 17.9 Å². The van der Waals surface area contributed by atoms with Crippen LogP contribution in [0.2, 0.25) is 0 Å². The highest BCUT2D eigenvalue weighted by molar-refractivity contribution is 5.71. The van der Waals surface area contributed by atoms with Gasteiger partial charge in [-0.15, -0.1) is 0 Å². The monoisotopic (exact) mass is 883 g/mol. The van der Waals surface area contributed by atoms with Crippen molar-refractivity contribution in [3.05, 3.63) is 48.6 Å². The number of hydrogen-bond acceptors (Lipinski definition) is 6. The normalized spacial score (nSPS) is 12.4. The third-order valence-electron chi connectivity index (χ3n) is 11.8. The molecule has 0 fully saturated rings. The van der Waals surface area contributed by atoms with Crippen LogP contribution in [0.25, 0.3) is 0 Å². The molecule has 6 heteroatoms. The zero-order valence-electron chi connectivity index (χ0n) is 41.8. The second-order valence-electron chi connectivity index (χ2n) is 18.2. The van der Waals surface area contributed by atoms with E-state index in [1.807, 2.05) is 0 Å². The summed E-state index contributed by atoms with van der Waals surface area (Å²) < 4.78 is 16.8. The Morgan fingerprint density at radius 3 is 0.937 bits per heavy atom. The maximum atomic E-state index is 12.8. The second-order valence-corrected chi connectivity index (χ2v) is 18.2. The minimum atomic E-state index is -0.790. The summed E-state index contributed by atoms with van der Waals surface area (Å²) in [6, 6.07) is 0. The number of carbonyl (C=O) groups excluding carboxylic acids is 3. The topological polar surface area (TPSA) is 78.9 Å². The van der Waals surface area contributed by atoms with Crippen LogP contribution in [0.4, 0.5) is 0 Å². The van der Waals surface area contributed by atoms with Crippen LogP contribution >= 0.6 is 0 Å². The minimum absolute atomic E-state index is 0.0877. The third-order valence-corrected chi connectivity index (χ3v) is 11.8. The van der Waals surface area contributed by atoms with Gasteiger partial charge < -0.3 is 14.2 Å². The van der Waals surface area contributed by atoms with Crippen molar-refractivity contribution in [2.75, 3.05) is 13.2 Å². The molecule has 0 aliphatic heterocycles. The number of ether oxygens (including phenoxy) is 3. The van der Waals surface area contributed by atoms with Gasteiger partial charge in [-0.25, -0.2) is 0 Å². The first kappa shape index (κ1) is 60.4. The molecule has 0 aliphatic carbocycles. The highest BCUT2D eigenvalue weighted by atomic mass is 16.6. The molecule has 0 heterocycles. The first-order chi connectivity index (χ1) is 31.0. The van der Waals surface area contributed by atoms with Crippen LogP contribution in [0.3, 0.4) is 0 Å². The molecule has 63 heavy (non-hydrogen) atoms. The SMILES string of the molecule is CCCCC/C=C\CCCCCCCC(=O)OCC(COC(=O)CCCCCCCCC/C=C\CCCCCCCC)OC(=O)CCCCC/C=C\C=C/CCCCCCCCC. The van der Waals surface area contributed by atoms with E-state index in [0.717, 1.165) is 77.0 Å². The van der Waals surface area contributed by atoms with Gasteiger partial charge in [0.15, 0.2) is 6.10 Å². The zero-order chi connectivity index (χ0) is 45.8. The summed E-state index contributed by atoms with van der Waals surface area (Å²) in [6.45, 7) is 6.59. The van der Waals surface area contributed by atoms with E-state index in [1.54, 1.807) is 0 Å². The van der Waals surface area contributed by atoms with Gasteiger partial charge in [0.1, 0.15) is 13.2 Å². The molecule has 0 aliphatic rings. The fraction of sp³-hybridized carbons (Fsp3) is 0.807. The number of hydrogen-bond donors (Lipinski definition) is 0. The second kappa shape index (κ2) is 52.0. The Balaban J connectivity index is 4.41. The maximum Gasteiger partial charge on any atom is 0.306 e. The van der Waals surface area contributed by atoms with E-state index in [0.29, 0.717) is 19.3 Å². The van der Waals surface area contributed by atoms with E-state index < -0.39 is 6.10 Å². The lowest BCUT2D eigenvalue weighted by Crippen LogP contribution is -2.30. The van der Waals surface area contributed by atoms with Gasteiger partial charge in [0.05, 0.1) is 0 Å². The van der Waals surface area contributed by atoms with Crippen LogP contribution in [-0.4, -0.2) is 37.2 Å². The average Bonchev–Trinajstić information content (AvgIpc) is 3.28. The summed E-state index contributed by atoms with van der Waals surface area (Å²) in [7, 11) is 0. The van der Waals surface area contributed by atoms with Crippen LogP contribution in [0.15, 0.2) is 48.6 Å². The smallest absolute Gasteiger partial charge is 0.306 e. The van der Waals surface area contributed by atoms with Crippen molar-refractivity contribution in [3.8, 4) is 0 Å². The molecular weight excluding hydrogens is 781 g/mol. The van der Waals surface area contributed by atoms with Crippen molar-refractivity contribution in [1.82, 2.24) is 0 Å². The predicted molar refractivity (Wildman–Crippen MR) is 270 cm³/mol. The van der Waals surface area contributed by atoms with Gasteiger partial charge >= 0.3 is 17.9 Å². The lowest BCUT2D eigenvalue weighted by atomic mass is 10.1. The molecule has 0 aromatic carbocycles. The fourth-order valence-electron chi connectivity index (χ4n) is 7.66. The molecule has 0 rings (SSSR count). The molecule has 0 radical (unpaired) electrons. The summed E-state index contributed by atoms with van der Waals surface area (Å²) in [5.74, 6) is -0.920. The Morgan fingerprint density at radius 2 is 0.571 bits per heavy atom. The standard InChI is InChI=1S/C57H102O6/c1-4-7-10-13-16-19-22-25-27-29-31-32-35-38-41-44-47-50-56(59)62-53-54(52-61-55(58)49-46-43-40-37-34-24-21-18-15-12-9-6-3)63-57(60)51-48-45-42-39-36-33-30-28-26-23-20-17-14-11-8-5-2/h18,21,25,27-28,30,33,36,54H,4-17,19-20,22-24,26,29,31-32,34-35,37-53H2,1-3H3/b21-18-,27-25-,30-28-,36-33-. The van der Waals surface area contributed by atoms with Gasteiger partial charge in [0, 0.05) is 19.3 Å². The minimum Gasteiger partial charge on any atom is -0.462 e. The van der Waals surface area contributed by atoms with Gasteiger partial charge in [-0.3, -0.25) is 14.4 Å². The Labute approximate surface area is 390 Å². The third kappa shape index (κ3) is 50.2. The van der Waals surface area contributed by atoms with Crippen LogP contribution < -0.4 is 0 Å². The number of carbonyl (C=O) groups is 3. The summed E-state index contributed by atoms with van der Waals surface area (Å²) >= 11 is 0. The highest BCUT2D eigenvalue weighted by Crippen LogP contribution is 2.14. The van der Waals surface area contributed by atoms with Gasteiger partial charge in [-0.05, 0) is 96.3 Å². The average molecular weight is 883 g/mol. The van der Waals surface area contributed by atoms with Crippen molar-refractivity contribution in [1.29, 1.82) is 0 Å². The first-order valence-electron chi connectivity index (χ1n) is 27.2. The molecule has 1 unspecified atom stereocenters. The van der Waals surface area contributed by atoms with Crippen molar-refractivity contribution in [2.24, 2.45) is 0 Å². The highest BCUT2D eigenvalue weighted by Gasteiger charge is 2.19. The summed E-state index contributed by atoms with van der Waals surface area (Å²) in [6.07, 6.45) is 62.4. The molecule has 6 nitrogen and oxygen atoms in total. The molecular formula is C57H102O6. The van der Waals surface area contributed by atoms with Crippen LogP contribution in [0.5, 0.6) is 0 Å². The molecule has 0 saturated carbocycles. The van der Waals surface area contributed by atoms with E-state index >= 15 is 0 Å². The number of allylic oxidation sites excluding steroid dienone is 8. The molecule has 366 valence electrons. The molecule has 0 amide bonds. The predicted octanol–water partition coefficient (Wildman–Crippen LogP) is 17.9. The molecule has 0 N–H and O–H groups in total. The largest absolute Gasteiger partial charge is 0.462 e. The Hall–Kier alpha value is -2.63. The van der Waals surface area contributed by atoms with Gasteiger partial charge in [-0.2, -0.15) is 0 Å². The Kier molecular flexibility index (Phi) is 49.8. The van der Waals surface area contributed by atoms with Crippen LogP contribution in [0.1, 0.15) is 278 Å². The van der Waals surface area contributed by atoms with Gasteiger partial charge in [0.2, 0.25) is 0 Å². The van der Waals surface area contributed by atoms with Gasteiger partial charge in [-0.1, -0.05) is 211 Å². The quantitative estimate of drug-likeness (QED) is 0.0199. The molecule has 1 atom stereocenters. The Bertz CT molecular complexity index is 1110. The summed E-state index contributed by atoms with van der Waals surface area (Å²) in [5.41, 5.74) is 0. The van der Waals surface area contributed by atoms with Crippen molar-refractivity contribution in [2.45, 2.75) is 284 Å². The van der Waals surface area contributed by atoms with E-state index in [9.17, 15) is 14.4 Å². The lowest BCUT2D eigenvalue weighted by Gasteiger charge is -2.18. The van der Waals surface area contributed by atoms with E-state index in [-0.39, 0.29) is 31.1 Å². The van der Waals surface area contributed by atoms with Gasteiger partial charge in [0.25, 0.3) is 0 Å². The van der Waals surface area contributed by atoms with Crippen molar-refractivity contribution < 1.29 is 28.6 Å². The molecule has 0 spiro atoms. The number of unbranched alkanes of at least 4 members (excludes halogenated alkanes) is 31. The Morgan fingerprint density at radius 1 is 0.317 bits per heavy atom. The molecule has 0 bridgehead atoms. The molecule has 0 aromatic rings. The molecule has 0 aromatic heterocycles. The number of esters is 3. The van der Waals surface area contributed by atoms with Crippen LogP contribution in [-0.2, 0) is 28.6 Å². The van der Waals surface area contributed by atoms with E-state index in [2.05, 4.69) is 69.4 Å². The summed E-state index contributed by atoms with van der Waals surface area (Å²) in [5, 5.41) is 0. The summed E-state index contributed by atoms with van der Waals surface area (Å²) in [4.78, 5) is 38.0. The van der Waals surface area contributed by atoms with Crippen molar-refractivity contribution in [3.63, 3.8) is 0 Å². The van der Waals surface area contributed by atoms with E-state index in [4.69, 9.17) is 14.2 Å². The fourth-order valence-corrected chi connectivity index (χ4v) is 7.66.